The largest absolute Gasteiger partial charge is 0.463 e. The van der Waals surface area contributed by atoms with Gasteiger partial charge in [-0.25, -0.2) is 19.6 Å². The molecular formula is C25H34N2O4S. The number of ether oxygens (including phenoxy) is 2. The predicted octanol–water partition coefficient (Wildman–Crippen LogP) is 6.09. The minimum Gasteiger partial charge on any atom is -0.463 e. The molecule has 1 heterocycles. The first-order valence-electron chi connectivity index (χ1n) is 11.5. The number of nitrogens with zero attached hydrogens (tertiary/aromatic N) is 2. The van der Waals surface area contributed by atoms with Gasteiger partial charge in [0, 0.05) is 23.7 Å². The van der Waals surface area contributed by atoms with Crippen LogP contribution >= 0.6 is 11.8 Å². The molecule has 0 N–H and O–H groups in total. The molecule has 2 aromatic rings. The summed E-state index contributed by atoms with van der Waals surface area (Å²) >= 11 is 1.69. The highest BCUT2D eigenvalue weighted by Gasteiger charge is 2.19. The van der Waals surface area contributed by atoms with Crippen LogP contribution in [0.1, 0.15) is 76.1 Å². The molecule has 0 aliphatic heterocycles. The fraction of sp³-hybridized carbons (Fsp3) is 0.520. The molecular weight excluding hydrogens is 424 g/mol. The standard InChI is InChI=1S/C25H34N2O4S/c1-4-6-7-8-9-10-11-16-32-25-26-17-22(18-27-25)20-12-14-21(15-13-20)24(29)31-19(3)23(28)30-5-2/h12-15,17-19H,4-11,16H2,1-3H3/t19-/m0/s1. The summed E-state index contributed by atoms with van der Waals surface area (Å²) in [5.74, 6) is -0.0845. The second kappa shape index (κ2) is 14.6. The van der Waals surface area contributed by atoms with Crippen LogP contribution in [0.15, 0.2) is 41.8 Å². The van der Waals surface area contributed by atoms with Gasteiger partial charge in [0.05, 0.1) is 12.2 Å². The second-order valence-corrected chi connectivity index (χ2v) is 8.66. The van der Waals surface area contributed by atoms with Gasteiger partial charge in [0.2, 0.25) is 0 Å². The molecule has 0 spiro atoms. The third kappa shape index (κ3) is 8.99. The number of carbonyl (C=O) groups is 2. The van der Waals surface area contributed by atoms with E-state index in [0.717, 1.165) is 22.0 Å². The number of benzene rings is 1. The van der Waals surface area contributed by atoms with Gasteiger partial charge in [0.15, 0.2) is 11.3 Å². The summed E-state index contributed by atoms with van der Waals surface area (Å²) in [6.45, 7) is 5.68. The highest BCUT2D eigenvalue weighted by Crippen LogP contribution is 2.22. The van der Waals surface area contributed by atoms with Crippen LogP contribution in [0.25, 0.3) is 11.1 Å². The van der Waals surface area contributed by atoms with Crippen molar-refractivity contribution in [1.29, 1.82) is 0 Å². The Labute approximate surface area is 195 Å². The molecule has 1 aromatic carbocycles. The number of hydrogen-bond donors (Lipinski definition) is 0. The van der Waals surface area contributed by atoms with Crippen LogP contribution in [0.5, 0.6) is 0 Å². The van der Waals surface area contributed by atoms with Crippen molar-refractivity contribution in [3.05, 3.63) is 42.2 Å². The summed E-state index contributed by atoms with van der Waals surface area (Å²) in [5.41, 5.74) is 2.15. The lowest BCUT2D eigenvalue weighted by Crippen LogP contribution is -2.26. The maximum Gasteiger partial charge on any atom is 0.347 e. The lowest BCUT2D eigenvalue weighted by atomic mass is 10.1. The molecule has 0 unspecified atom stereocenters. The Balaban J connectivity index is 1.79. The third-order valence-electron chi connectivity index (χ3n) is 4.96. The van der Waals surface area contributed by atoms with E-state index < -0.39 is 18.0 Å². The molecule has 1 atom stereocenters. The van der Waals surface area contributed by atoms with Crippen LogP contribution < -0.4 is 0 Å². The van der Waals surface area contributed by atoms with E-state index in [2.05, 4.69) is 16.9 Å². The Morgan fingerprint density at radius 2 is 1.53 bits per heavy atom. The molecule has 0 bridgehead atoms. The van der Waals surface area contributed by atoms with E-state index in [1.165, 1.54) is 51.9 Å². The molecule has 0 saturated heterocycles. The SMILES string of the molecule is CCCCCCCCCSc1ncc(-c2ccc(C(=O)O[C@@H](C)C(=O)OCC)cc2)cn1. The molecule has 6 nitrogen and oxygen atoms in total. The van der Waals surface area contributed by atoms with Crippen LogP contribution in [0, 0.1) is 0 Å². The summed E-state index contributed by atoms with van der Waals surface area (Å²) in [6.07, 6.45) is 11.7. The first-order valence-corrected chi connectivity index (χ1v) is 12.5. The number of thioether (sulfide) groups is 1. The van der Waals surface area contributed by atoms with Crippen molar-refractivity contribution in [1.82, 2.24) is 9.97 Å². The van der Waals surface area contributed by atoms with E-state index in [9.17, 15) is 9.59 Å². The Morgan fingerprint density at radius 3 is 2.16 bits per heavy atom. The summed E-state index contributed by atoms with van der Waals surface area (Å²) in [7, 11) is 0. The normalized spacial score (nSPS) is 11.7. The van der Waals surface area contributed by atoms with Crippen molar-refractivity contribution in [2.45, 2.75) is 77.0 Å². The Kier molecular flexibility index (Phi) is 11.8. The molecule has 2 rings (SSSR count). The maximum absolute atomic E-state index is 12.2. The van der Waals surface area contributed by atoms with Crippen molar-refractivity contribution in [2.24, 2.45) is 0 Å². The number of hydrogen-bond acceptors (Lipinski definition) is 7. The lowest BCUT2D eigenvalue weighted by molar-refractivity contribution is -0.152. The smallest absolute Gasteiger partial charge is 0.347 e. The van der Waals surface area contributed by atoms with Gasteiger partial charge in [0.25, 0.3) is 0 Å². The molecule has 0 fully saturated rings. The quantitative estimate of drug-likeness (QED) is 0.147. The third-order valence-corrected chi connectivity index (χ3v) is 5.93. The lowest BCUT2D eigenvalue weighted by Gasteiger charge is -2.12. The number of esters is 2. The summed E-state index contributed by atoms with van der Waals surface area (Å²) in [6, 6.07) is 6.96. The Bertz CT molecular complexity index is 825. The zero-order valence-corrected chi connectivity index (χ0v) is 20.2. The number of unbranched alkanes of at least 4 members (excludes halogenated alkanes) is 6. The molecule has 0 amide bonds. The number of rotatable bonds is 14. The van der Waals surface area contributed by atoms with Gasteiger partial charge < -0.3 is 9.47 Å². The molecule has 0 aliphatic rings. The van der Waals surface area contributed by atoms with Crippen LogP contribution in [0.2, 0.25) is 0 Å². The van der Waals surface area contributed by atoms with Crippen molar-refractivity contribution in [3.63, 3.8) is 0 Å². The van der Waals surface area contributed by atoms with E-state index in [0.29, 0.717) is 5.56 Å². The average Bonchev–Trinajstić information content (AvgIpc) is 2.81. The van der Waals surface area contributed by atoms with E-state index >= 15 is 0 Å². The Morgan fingerprint density at radius 1 is 0.906 bits per heavy atom. The number of aromatic nitrogens is 2. The van der Waals surface area contributed by atoms with Crippen LogP contribution in [-0.4, -0.2) is 40.4 Å². The van der Waals surface area contributed by atoms with E-state index in [1.54, 1.807) is 43.2 Å². The van der Waals surface area contributed by atoms with Crippen molar-refractivity contribution >= 4 is 23.7 Å². The van der Waals surface area contributed by atoms with Gasteiger partial charge >= 0.3 is 11.9 Å². The topological polar surface area (TPSA) is 78.4 Å². The molecule has 1 aromatic heterocycles. The molecule has 0 aliphatic carbocycles. The van der Waals surface area contributed by atoms with Gasteiger partial charge in [0.1, 0.15) is 0 Å². The summed E-state index contributed by atoms with van der Waals surface area (Å²) in [5, 5.41) is 0.785. The van der Waals surface area contributed by atoms with Crippen LogP contribution in [0.4, 0.5) is 0 Å². The van der Waals surface area contributed by atoms with Crippen LogP contribution in [-0.2, 0) is 14.3 Å². The minimum atomic E-state index is -0.943. The average molecular weight is 459 g/mol. The monoisotopic (exact) mass is 458 g/mol. The first kappa shape index (κ1) is 25.8. The predicted molar refractivity (Wildman–Crippen MR) is 128 cm³/mol. The fourth-order valence-electron chi connectivity index (χ4n) is 3.10. The van der Waals surface area contributed by atoms with Gasteiger partial charge in [-0.3, -0.25) is 0 Å². The zero-order valence-electron chi connectivity index (χ0n) is 19.3. The highest BCUT2D eigenvalue weighted by molar-refractivity contribution is 7.99. The van der Waals surface area contributed by atoms with E-state index in [-0.39, 0.29) is 6.61 Å². The Hall–Kier alpha value is -2.41. The molecule has 32 heavy (non-hydrogen) atoms. The van der Waals surface area contributed by atoms with Gasteiger partial charge in [-0.2, -0.15) is 0 Å². The van der Waals surface area contributed by atoms with E-state index in [4.69, 9.17) is 9.47 Å². The maximum atomic E-state index is 12.2. The molecule has 0 saturated carbocycles. The van der Waals surface area contributed by atoms with Gasteiger partial charge in [-0.15, -0.1) is 0 Å². The summed E-state index contributed by atoms with van der Waals surface area (Å²) < 4.78 is 10.00. The second-order valence-electron chi connectivity index (χ2n) is 7.60. The van der Waals surface area contributed by atoms with Gasteiger partial charge in [-0.1, -0.05) is 69.3 Å². The van der Waals surface area contributed by atoms with Crippen molar-refractivity contribution < 1.29 is 19.1 Å². The molecule has 7 heteroatoms. The molecule has 174 valence electrons. The fourth-order valence-corrected chi connectivity index (χ4v) is 3.88. The first-order chi connectivity index (χ1) is 15.5. The summed E-state index contributed by atoms with van der Waals surface area (Å²) in [4.78, 5) is 32.7. The molecule has 0 radical (unpaired) electrons. The minimum absolute atomic E-state index is 0.244. The van der Waals surface area contributed by atoms with E-state index in [1.807, 2.05) is 12.1 Å². The van der Waals surface area contributed by atoms with Crippen LogP contribution in [0.3, 0.4) is 0 Å². The van der Waals surface area contributed by atoms with Crippen molar-refractivity contribution in [3.8, 4) is 11.1 Å². The zero-order chi connectivity index (χ0) is 23.2. The number of carbonyl (C=O) groups excluding carboxylic acids is 2. The van der Waals surface area contributed by atoms with Crippen molar-refractivity contribution in [2.75, 3.05) is 12.4 Å². The van der Waals surface area contributed by atoms with Gasteiger partial charge in [-0.05, 0) is 38.0 Å². The highest BCUT2D eigenvalue weighted by atomic mass is 32.2.